The van der Waals surface area contributed by atoms with Crippen molar-refractivity contribution in [2.75, 3.05) is 154 Å². The van der Waals surface area contributed by atoms with Gasteiger partial charge in [-0.3, -0.25) is 14.6 Å². The number of likely N-dealkylation sites (N-methyl/N-ethyl adjacent to an activating group) is 2. The van der Waals surface area contributed by atoms with Crippen LogP contribution in [-0.4, -0.2) is 176 Å². The van der Waals surface area contributed by atoms with Crippen LogP contribution in [0.4, 0.5) is 90.3 Å². The molecule has 16 rings (SSSR count). The first kappa shape index (κ1) is 82.4. The van der Waals surface area contributed by atoms with Gasteiger partial charge < -0.3 is 69.7 Å². The summed E-state index contributed by atoms with van der Waals surface area (Å²) in [5.74, 6) is 5.57. The van der Waals surface area contributed by atoms with E-state index in [9.17, 15) is 19.5 Å². The summed E-state index contributed by atoms with van der Waals surface area (Å²) in [6.07, 6.45) is 8.23. The lowest BCUT2D eigenvalue weighted by Gasteiger charge is -2.34. The van der Waals surface area contributed by atoms with Gasteiger partial charge in [-0.25, -0.2) is 39.3 Å². The number of nitrogens with zero attached hydrogens (tertiary/aromatic N) is 14. The van der Waals surface area contributed by atoms with Crippen molar-refractivity contribution in [1.29, 1.82) is 0 Å². The molecular weight excluding hydrogens is 1500 g/mol. The highest BCUT2D eigenvalue weighted by Crippen LogP contribution is 2.50. The van der Waals surface area contributed by atoms with Gasteiger partial charge in [0.05, 0.1) is 51.3 Å². The van der Waals surface area contributed by atoms with Gasteiger partial charge in [0, 0.05) is 135 Å². The maximum absolute atomic E-state index is 14.0. The Labute approximate surface area is 695 Å². The number of piperazine rings is 2. The van der Waals surface area contributed by atoms with E-state index in [1.54, 1.807) is 88.3 Å². The normalized spacial score (nSPS) is 15.6. The molecule has 1 atom stereocenters. The van der Waals surface area contributed by atoms with Crippen molar-refractivity contribution in [2.24, 2.45) is 0 Å². The number of urea groups is 1. The molecule has 3 saturated heterocycles. The van der Waals surface area contributed by atoms with Crippen LogP contribution in [0.5, 0.6) is 34.5 Å². The summed E-state index contributed by atoms with van der Waals surface area (Å²) in [6.45, 7) is 23.1. The lowest BCUT2D eigenvalue weighted by Crippen LogP contribution is -2.44. The summed E-state index contributed by atoms with van der Waals surface area (Å²) in [5.41, 5.74) is 13.6. The Hall–Kier alpha value is -13.1. The maximum Gasteiger partial charge on any atom is 0.425 e. The third-order valence-corrected chi connectivity index (χ3v) is 22.4. The van der Waals surface area contributed by atoms with E-state index in [4.69, 9.17) is 33.7 Å². The van der Waals surface area contributed by atoms with Crippen molar-refractivity contribution >= 4 is 98.7 Å². The Morgan fingerprint density at radius 1 is 0.555 bits per heavy atom. The molecule has 0 saturated carbocycles. The van der Waals surface area contributed by atoms with Crippen LogP contribution in [0, 0.1) is 27.7 Å². The number of phenolic OH excluding ortho intramolecular Hbond substituents is 1. The number of fused-ring (bicyclic) bond motifs is 2. The Morgan fingerprint density at radius 2 is 1.12 bits per heavy atom. The van der Waals surface area contributed by atoms with Gasteiger partial charge in [-0.05, 0) is 224 Å². The second-order valence-electron chi connectivity index (χ2n) is 30.9. The largest absolute Gasteiger partial charge is 0.508 e. The number of rotatable bonds is 21. The van der Waals surface area contributed by atoms with Gasteiger partial charge in [-0.2, -0.15) is 9.97 Å². The lowest BCUT2D eigenvalue weighted by molar-refractivity contribution is -0.122. The first-order valence-corrected chi connectivity index (χ1v) is 40.2. The fourth-order valence-electron chi connectivity index (χ4n) is 15.7. The molecule has 7 heterocycles. The van der Waals surface area contributed by atoms with Crippen molar-refractivity contribution in [1.82, 2.24) is 44.6 Å². The molecule has 4 amide bonds. The second kappa shape index (κ2) is 37.0. The molecule has 27 heteroatoms. The van der Waals surface area contributed by atoms with Crippen LogP contribution in [0.15, 0.2) is 195 Å². The minimum Gasteiger partial charge on any atom is -0.508 e. The summed E-state index contributed by atoms with van der Waals surface area (Å²) < 4.78 is 28.0. The van der Waals surface area contributed by atoms with E-state index in [0.29, 0.717) is 81.0 Å². The fraction of sp³-hybridized carbons (Fsp3) is 0.315. The number of para-hydroxylation sites is 2. The van der Waals surface area contributed by atoms with Crippen LogP contribution < -0.4 is 69.5 Å². The smallest absolute Gasteiger partial charge is 0.425 e. The fourth-order valence-corrected chi connectivity index (χ4v) is 15.7. The number of likely N-dealkylation sites (tertiary alicyclic amines) is 1. The molecule has 616 valence electrons. The first-order valence-electron chi connectivity index (χ1n) is 40.2. The van der Waals surface area contributed by atoms with Gasteiger partial charge in [0.1, 0.15) is 64.1 Å². The third-order valence-electron chi connectivity index (χ3n) is 22.4. The molecular formula is C92H104N18O9. The van der Waals surface area contributed by atoms with Gasteiger partial charge in [-0.15, -0.1) is 0 Å². The Bertz CT molecular complexity index is 5150. The van der Waals surface area contributed by atoms with E-state index in [1.807, 2.05) is 125 Å². The molecule has 5 aliphatic rings. The van der Waals surface area contributed by atoms with Crippen molar-refractivity contribution in [3.63, 3.8) is 0 Å². The number of aromatic hydroxyl groups is 1. The van der Waals surface area contributed by atoms with Gasteiger partial charge in [0.2, 0.25) is 17.8 Å². The SMILES string of the molecule is CC1(C)C(=O)N([C@H]2CCc3c(O)cccc32)c2nc(Nc3cccc(CN4CCCC4)c3)ncc21.COc1ccc(N(C(=O)Nc2c(C)cccc2C)c2cc(Nc3ccc(N4CCN(C)CC4)cc3)ncn2)c(OC)c1.COc1ccc(N(C(=O)Oc2c(C)cccc2C)c2ccnc(Nc3ccc(N4CCN(C)CC4)cc3)n2)c(OC)c1. The highest BCUT2D eigenvalue weighted by Gasteiger charge is 2.50. The molecule has 11 aromatic rings. The number of amides is 4. The standard InChI is InChI=1S/C32H37N7O3.C32H36N6O4.C28H31N5O2/c1-22-7-6-8-23(2)31(22)36-32(40)39(27-14-13-26(41-4)19-28(27)42-5)30-20-29(33-21-34-30)35-24-9-11-25(12-10-24)38-17-15-37(3)16-18-38;1-22-7-6-8-23(2)30(22)42-32(39)38(27-14-13-26(40-4)21-28(27)41-5)29-15-16-33-31(35-29)34-24-9-11-25(12-10-24)37-19-17-36(3)18-20-37;1-28(2)22-16-29-27(30-19-8-5-7-18(15-19)17-32-13-3-4-14-32)31-25(22)33(26(28)35)23-12-11-21-20(23)9-6-10-24(21)34/h6-14,19-21H,15-18H2,1-5H3,(H,36,40)(H,33,34,35);6-16,21H,17-20H2,1-5H3,(H,33,34,35);5-10,15-16,23,34H,3-4,11-14,17H2,1-2H3,(H,29,30,31)/t;;23-/m..0/s1. The average molecular weight is 1610 g/mol. The number of ether oxygens (including phenoxy) is 5. The van der Waals surface area contributed by atoms with E-state index >= 15 is 0 Å². The zero-order valence-electron chi connectivity index (χ0n) is 69.6. The van der Waals surface area contributed by atoms with Gasteiger partial charge >= 0.3 is 12.1 Å². The number of methoxy groups -OCH3 is 4. The summed E-state index contributed by atoms with van der Waals surface area (Å²) in [6, 6.07) is 55.4. The third kappa shape index (κ3) is 19.0. The number of aromatic nitrogens is 6. The van der Waals surface area contributed by atoms with Crippen LogP contribution in [0.3, 0.4) is 0 Å². The Kier molecular flexibility index (Phi) is 25.6. The highest BCUT2D eigenvalue weighted by atomic mass is 16.6. The number of hydrogen-bond donors (Lipinski definition) is 5. The Balaban J connectivity index is 0.000000147. The van der Waals surface area contributed by atoms with Crippen LogP contribution >= 0.6 is 0 Å². The van der Waals surface area contributed by atoms with Crippen molar-refractivity contribution in [3.8, 4) is 34.5 Å². The summed E-state index contributed by atoms with van der Waals surface area (Å²) in [4.78, 5) is 85.5. The zero-order chi connectivity index (χ0) is 83.4. The molecule has 8 aromatic carbocycles. The molecule has 0 bridgehead atoms. The van der Waals surface area contributed by atoms with Crippen LogP contribution in [0.2, 0.25) is 0 Å². The van der Waals surface area contributed by atoms with Gasteiger partial charge in [0.25, 0.3) is 0 Å². The second-order valence-corrected chi connectivity index (χ2v) is 30.9. The van der Waals surface area contributed by atoms with Crippen LogP contribution in [0.25, 0.3) is 0 Å². The average Bonchev–Trinajstić information content (AvgIpc) is 1.57. The van der Waals surface area contributed by atoms with Crippen molar-refractivity contribution in [3.05, 3.63) is 239 Å². The predicted molar refractivity (Wildman–Crippen MR) is 469 cm³/mol. The molecule has 0 spiro atoms. The zero-order valence-corrected chi connectivity index (χ0v) is 69.6. The molecule has 5 N–H and O–H groups in total. The van der Waals surface area contributed by atoms with Gasteiger partial charge in [-0.1, -0.05) is 60.7 Å². The number of carbonyl (C=O) groups excluding carboxylic acids is 3. The summed E-state index contributed by atoms with van der Waals surface area (Å²) in [7, 11) is 10.5. The van der Waals surface area contributed by atoms with Crippen LogP contribution in [-0.2, 0) is 23.2 Å². The number of carbonyl (C=O) groups is 3. The minimum atomic E-state index is -0.705. The number of aryl methyl sites for hydroxylation is 4. The maximum atomic E-state index is 14.0. The molecule has 3 fully saturated rings. The monoisotopic (exact) mass is 1600 g/mol. The minimum absolute atomic E-state index is 0.0211. The Morgan fingerprint density at radius 3 is 1.72 bits per heavy atom. The van der Waals surface area contributed by atoms with E-state index in [1.165, 1.54) is 53.0 Å². The van der Waals surface area contributed by atoms with Crippen molar-refractivity contribution < 1.29 is 43.2 Å². The molecule has 3 aromatic heterocycles. The van der Waals surface area contributed by atoms with Gasteiger partial charge in [0.15, 0.2) is 0 Å². The number of phenols is 1. The number of benzene rings is 8. The summed E-state index contributed by atoms with van der Waals surface area (Å²) >= 11 is 0. The lowest BCUT2D eigenvalue weighted by atomic mass is 9.88. The topological polar surface area (TPSA) is 269 Å². The molecule has 0 unspecified atom stereocenters. The number of hydrogen-bond acceptors (Lipinski definition) is 23. The molecule has 0 radical (unpaired) electrons. The molecule has 1 aliphatic carbocycles. The number of nitrogens with one attached hydrogen (secondary N) is 4. The van der Waals surface area contributed by atoms with Crippen molar-refractivity contribution in [2.45, 2.75) is 85.2 Å². The van der Waals surface area contributed by atoms with E-state index < -0.39 is 17.5 Å². The summed E-state index contributed by atoms with van der Waals surface area (Å²) in [5, 5.41) is 23.4. The van der Waals surface area contributed by atoms with E-state index in [2.05, 4.69) is 122 Å². The predicted octanol–water partition coefficient (Wildman–Crippen LogP) is 16.8. The van der Waals surface area contributed by atoms with E-state index in [-0.39, 0.29) is 11.9 Å². The highest BCUT2D eigenvalue weighted by molar-refractivity contribution is 6.09. The number of anilines is 14. The molecule has 27 nitrogen and oxygen atoms in total. The molecule has 119 heavy (non-hydrogen) atoms. The first-order chi connectivity index (χ1) is 57.6. The van der Waals surface area contributed by atoms with Crippen LogP contribution in [0.1, 0.15) is 83.7 Å². The molecule has 4 aliphatic heterocycles. The van der Waals surface area contributed by atoms with E-state index in [0.717, 1.165) is 147 Å². The quantitative estimate of drug-likeness (QED) is 0.0447.